The van der Waals surface area contributed by atoms with Crippen LogP contribution in [0.15, 0.2) is 18.2 Å². The molecule has 84 valence electrons. The van der Waals surface area contributed by atoms with Crippen molar-refractivity contribution in [3.05, 3.63) is 29.3 Å². The standard InChI is InChI=1S/C12H17NO.ClH/c1-9-7-11-5-4-10(3-2-6-13)8-12(11)14-9;/h4-5,8-9H,2-3,6-7,13H2,1H3;1H. The van der Waals surface area contributed by atoms with Gasteiger partial charge in [0.25, 0.3) is 0 Å². The van der Waals surface area contributed by atoms with Crippen LogP contribution in [0.25, 0.3) is 0 Å². The van der Waals surface area contributed by atoms with E-state index < -0.39 is 0 Å². The maximum Gasteiger partial charge on any atom is 0.123 e. The predicted molar refractivity (Wildman–Crippen MR) is 64.9 cm³/mol. The molecule has 1 atom stereocenters. The van der Waals surface area contributed by atoms with E-state index in [4.69, 9.17) is 10.5 Å². The fourth-order valence-corrected chi connectivity index (χ4v) is 1.91. The van der Waals surface area contributed by atoms with Crippen LogP contribution in [0.4, 0.5) is 0 Å². The Kier molecular flexibility index (Phi) is 4.43. The lowest BCUT2D eigenvalue weighted by Gasteiger charge is -2.04. The van der Waals surface area contributed by atoms with E-state index in [1.807, 2.05) is 0 Å². The fourth-order valence-electron chi connectivity index (χ4n) is 1.91. The Bertz CT molecular complexity index is 327. The van der Waals surface area contributed by atoms with Crippen LogP contribution in [0.1, 0.15) is 24.5 Å². The number of fused-ring (bicyclic) bond motifs is 1. The van der Waals surface area contributed by atoms with E-state index >= 15 is 0 Å². The average molecular weight is 228 g/mol. The van der Waals surface area contributed by atoms with E-state index in [0.29, 0.717) is 6.10 Å². The molecule has 0 aliphatic carbocycles. The summed E-state index contributed by atoms with van der Waals surface area (Å²) in [6.45, 7) is 2.87. The van der Waals surface area contributed by atoms with Crippen molar-refractivity contribution in [1.29, 1.82) is 0 Å². The number of nitrogens with two attached hydrogens (primary N) is 1. The summed E-state index contributed by atoms with van der Waals surface area (Å²) in [4.78, 5) is 0. The van der Waals surface area contributed by atoms with E-state index in [2.05, 4.69) is 25.1 Å². The van der Waals surface area contributed by atoms with Crippen molar-refractivity contribution in [2.75, 3.05) is 6.54 Å². The minimum atomic E-state index is 0. The van der Waals surface area contributed by atoms with Gasteiger partial charge in [-0.25, -0.2) is 0 Å². The highest BCUT2D eigenvalue weighted by molar-refractivity contribution is 5.85. The maximum absolute atomic E-state index is 5.70. The van der Waals surface area contributed by atoms with Gasteiger partial charge in [-0.2, -0.15) is 0 Å². The molecule has 15 heavy (non-hydrogen) atoms. The van der Waals surface area contributed by atoms with E-state index in [1.165, 1.54) is 11.1 Å². The molecule has 0 bridgehead atoms. The largest absolute Gasteiger partial charge is 0.490 e. The molecule has 1 aliphatic rings. The molecule has 2 N–H and O–H groups in total. The highest BCUT2D eigenvalue weighted by Crippen LogP contribution is 2.29. The third-order valence-corrected chi connectivity index (χ3v) is 2.64. The molecule has 3 heteroatoms. The molecule has 0 aromatic heterocycles. The summed E-state index contributed by atoms with van der Waals surface area (Å²) in [5, 5.41) is 0. The van der Waals surface area contributed by atoms with E-state index in [-0.39, 0.29) is 12.4 Å². The molecule has 0 saturated heterocycles. The summed E-state index contributed by atoms with van der Waals surface area (Å²) < 4.78 is 5.70. The summed E-state index contributed by atoms with van der Waals surface area (Å²) in [6, 6.07) is 6.54. The SMILES string of the molecule is CC1Cc2ccc(CCCN)cc2O1.Cl. The second-order valence-electron chi connectivity index (χ2n) is 3.97. The Morgan fingerprint density at radius 2 is 2.27 bits per heavy atom. The van der Waals surface area contributed by atoms with Gasteiger partial charge in [0.15, 0.2) is 0 Å². The average Bonchev–Trinajstić information content (AvgIpc) is 2.54. The summed E-state index contributed by atoms with van der Waals surface area (Å²) in [7, 11) is 0. The van der Waals surface area contributed by atoms with Crippen LogP contribution in [-0.2, 0) is 12.8 Å². The Morgan fingerprint density at radius 1 is 1.47 bits per heavy atom. The zero-order chi connectivity index (χ0) is 9.97. The van der Waals surface area contributed by atoms with Crippen molar-refractivity contribution < 1.29 is 4.74 Å². The molecule has 1 aromatic rings. The molecule has 2 nitrogen and oxygen atoms in total. The zero-order valence-electron chi connectivity index (χ0n) is 9.03. The molecule has 0 amide bonds. The van der Waals surface area contributed by atoms with Crippen LogP contribution in [0.5, 0.6) is 5.75 Å². The van der Waals surface area contributed by atoms with Crippen LogP contribution >= 0.6 is 12.4 Å². The summed E-state index contributed by atoms with van der Waals surface area (Å²) >= 11 is 0. The van der Waals surface area contributed by atoms with Gasteiger partial charge in [0.2, 0.25) is 0 Å². The lowest BCUT2D eigenvalue weighted by Crippen LogP contribution is -2.05. The molecular weight excluding hydrogens is 210 g/mol. The van der Waals surface area contributed by atoms with Gasteiger partial charge in [-0.05, 0) is 43.5 Å². The number of ether oxygens (including phenoxy) is 1. The quantitative estimate of drug-likeness (QED) is 0.860. The number of benzene rings is 1. The van der Waals surface area contributed by atoms with Crippen molar-refractivity contribution >= 4 is 12.4 Å². The molecule has 1 heterocycles. The first-order valence-corrected chi connectivity index (χ1v) is 5.28. The van der Waals surface area contributed by atoms with E-state index in [9.17, 15) is 0 Å². The van der Waals surface area contributed by atoms with Gasteiger partial charge >= 0.3 is 0 Å². The number of halogens is 1. The molecule has 0 fully saturated rings. The number of rotatable bonds is 3. The minimum Gasteiger partial charge on any atom is -0.490 e. The zero-order valence-corrected chi connectivity index (χ0v) is 9.85. The van der Waals surface area contributed by atoms with Crippen LogP contribution in [0.3, 0.4) is 0 Å². The molecule has 1 aromatic carbocycles. The maximum atomic E-state index is 5.70. The third-order valence-electron chi connectivity index (χ3n) is 2.64. The van der Waals surface area contributed by atoms with E-state index in [0.717, 1.165) is 31.6 Å². The molecule has 1 aliphatic heterocycles. The van der Waals surface area contributed by atoms with Crippen molar-refractivity contribution in [3.8, 4) is 5.75 Å². The van der Waals surface area contributed by atoms with E-state index in [1.54, 1.807) is 0 Å². The van der Waals surface area contributed by atoms with Gasteiger partial charge in [-0.3, -0.25) is 0 Å². The van der Waals surface area contributed by atoms with Crippen LogP contribution in [0.2, 0.25) is 0 Å². The summed E-state index contributed by atoms with van der Waals surface area (Å²) in [5.41, 5.74) is 8.16. The monoisotopic (exact) mass is 227 g/mol. The molecule has 2 rings (SSSR count). The van der Waals surface area contributed by atoms with Gasteiger partial charge in [0.05, 0.1) is 0 Å². The second-order valence-corrected chi connectivity index (χ2v) is 3.97. The van der Waals surface area contributed by atoms with Crippen molar-refractivity contribution in [3.63, 3.8) is 0 Å². The summed E-state index contributed by atoms with van der Waals surface area (Å²) in [6.07, 6.45) is 3.50. The number of aryl methyl sites for hydroxylation is 1. The van der Waals surface area contributed by atoms with Gasteiger partial charge in [0, 0.05) is 6.42 Å². The van der Waals surface area contributed by atoms with Crippen molar-refractivity contribution in [2.24, 2.45) is 5.73 Å². The lowest BCUT2D eigenvalue weighted by atomic mass is 10.0. The Labute approximate surface area is 97.2 Å². The second kappa shape index (κ2) is 5.38. The third kappa shape index (κ3) is 2.86. The molecule has 0 spiro atoms. The van der Waals surface area contributed by atoms with Crippen LogP contribution in [0, 0.1) is 0 Å². The number of hydrogen-bond donors (Lipinski definition) is 1. The smallest absolute Gasteiger partial charge is 0.123 e. The topological polar surface area (TPSA) is 35.2 Å². The fraction of sp³-hybridized carbons (Fsp3) is 0.500. The van der Waals surface area contributed by atoms with Gasteiger partial charge in [-0.1, -0.05) is 12.1 Å². The van der Waals surface area contributed by atoms with Crippen LogP contribution < -0.4 is 10.5 Å². The highest BCUT2D eigenvalue weighted by atomic mass is 35.5. The van der Waals surface area contributed by atoms with Gasteiger partial charge in [-0.15, -0.1) is 12.4 Å². The summed E-state index contributed by atoms with van der Waals surface area (Å²) in [5.74, 6) is 1.08. The Hall–Kier alpha value is -0.730. The normalized spacial score (nSPS) is 17.9. The van der Waals surface area contributed by atoms with Gasteiger partial charge < -0.3 is 10.5 Å². The highest BCUT2D eigenvalue weighted by Gasteiger charge is 2.18. The first-order valence-electron chi connectivity index (χ1n) is 5.28. The Morgan fingerprint density at radius 3 is 3.00 bits per heavy atom. The first-order chi connectivity index (χ1) is 6.79. The minimum absolute atomic E-state index is 0. The van der Waals surface area contributed by atoms with Crippen LogP contribution in [-0.4, -0.2) is 12.6 Å². The predicted octanol–water partition coefficient (Wildman–Crippen LogP) is 2.32. The van der Waals surface area contributed by atoms with Crippen molar-refractivity contribution in [1.82, 2.24) is 0 Å². The molecule has 0 radical (unpaired) electrons. The molecule has 0 saturated carbocycles. The molecule has 1 unspecified atom stereocenters. The molecular formula is C12H18ClNO. The van der Waals surface area contributed by atoms with Crippen molar-refractivity contribution in [2.45, 2.75) is 32.3 Å². The Balaban J connectivity index is 0.00000112. The van der Waals surface area contributed by atoms with Gasteiger partial charge in [0.1, 0.15) is 11.9 Å². The lowest BCUT2D eigenvalue weighted by molar-refractivity contribution is 0.254. The first kappa shape index (κ1) is 12.3. The number of hydrogen-bond acceptors (Lipinski definition) is 2.